The summed E-state index contributed by atoms with van der Waals surface area (Å²) in [4.78, 5) is 12.4. The molecule has 0 unspecified atom stereocenters. The van der Waals surface area contributed by atoms with Crippen LogP contribution < -0.4 is 20.5 Å². The molecule has 2 aromatic rings. The molecule has 2 heterocycles. The van der Waals surface area contributed by atoms with Crippen molar-refractivity contribution in [1.29, 1.82) is 0 Å². The van der Waals surface area contributed by atoms with E-state index in [0.717, 1.165) is 17.7 Å². The summed E-state index contributed by atoms with van der Waals surface area (Å²) >= 11 is 0. The quantitative estimate of drug-likeness (QED) is 0.795. The molecule has 7 heteroatoms. The third kappa shape index (κ3) is 3.14. The average molecular weight is 316 g/mol. The first-order valence-corrected chi connectivity index (χ1v) is 7.59. The van der Waals surface area contributed by atoms with E-state index in [9.17, 15) is 4.79 Å². The molecule has 3 rings (SSSR count). The zero-order valence-electron chi connectivity index (χ0n) is 13.2. The van der Waals surface area contributed by atoms with Crippen molar-refractivity contribution in [3.05, 3.63) is 35.0 Å². The van der Waals surface area contributed by atoms with Crippen LogP contribution in [-0.4, -0.2) is 35.4 Å². The van der Waals surface area contributed by atoms with Gasteiger partial charge in [0, 0.05) is 23.4 Å². The number of hydrogen-bond donors (Lipinski definition) is 3. The Bertz CT molecular complexity index is 726. The lowest BCUT2D eigenvalue weighted by Crippen LogP contribution is -2.33. The van der Waals surface area contributed by atoms with Gasteiger partial charge in [-0.25, -0.2) is 5.10 Å². The highest BCUT2D eigenvalue weighted by atomic mass is 16.5. The number of rotatable bonds is 4. The molecule has 4 N–H and O–H groups in total. The second-order valence-corrected chi connectivity index (χ2v) is 5.51. The first kappa shape index (κ1) is 15.4. The van der Waals surface area contributed by atoms with Gasteiger partial charge in [0.25, 0.3) is 5.91 Å². The number of ether oxygens (including phenoxy) is 2. The van der Waals surface area contributed by atoms with Gasteiger partial charge >= 0.3 is 0 Å². The van der Waals surface area contributed by atoms with Crippen LogP contribution in [0.25, 0.3) is 0 Å². The van der Waals surface area contributed by atoms with Gasteiger partial charge in [0.05, 0.1) is 6.61 Å². The number of anilines is 1. The zero-order chi connectivity index (χ0) is 16.4. The maximum Gasteiger partial charge on any atom is 0.276 e. The third-order valence-electron chi connectivity index (χ3n) is 3.73. The Kier molecular flexibility index (Phi) is 4.20. The fourth-order valence-electron chi connectivity index (χ4n) is 2.55. The van der Waals surface area contributed by atoms with E-state index >= 15 is 0 Å². The number of nitrogens with one attached hydrogen (secondary N) is 2. The number of nitrogens with two attached hydrogens (primary N) is 1. The molecule has 122 valence electrons. The van der Waals surface area contributed by atoms with Gasteiger partial charge in [0.15, 0.2) is 5.69 Å². The lowest BCUT2D eigenvalue weighted by Gasteiger charge is -2.22. The maximum absolute atomic E-state index is 12.4. The summed E-state index contributed by atoms with van der Waals surface area (Å²) in [7, 11) is 0. The number of carbonyl (C=O) groups is 1. The molecule has 7 nitrogen and oxygen atoms in total. The second kappa shape index (κ2) is 6.29. The second-order valence-electron chi connectivity index (χ2n) is 5.51. The van der Waals surface area contributed by atoms with E-state index in [2.05, 4.69) is 15.5 Å². The van der Waals surface area contributed by atoms with E-state index in [0.29, 0.717) is 36.0 Å². The summed E-state index contributed by atoms with van der Waals surface area (Å²) in [5.74, 6) is 0.982. The molecule has 1 amide bonds. The molecule has 1 aliphatic rings. The number of aromatic nitrogens is 2. The number of fused-ring (bicyclic) bond motifs is 1. The Labute approximate surface area is 134 Å². The van der Waals surface area contributed by atoms with Crippen LogP contribution >= 0.6 is 0 Å². The molecule has 0 saturated carbocycles. The minimum Gasteiger partial charge on any atom is -0.492 e. The van der Waals surface area contributed by atoms with Crippen molar-refractivity contribution in [1.82, 2.24) is 10.2 Å². The molecule has 0 fully saturated rings. The highest BCUT2D eigenvalue weighted by Gasteiger charge is 2.20. The van der Waals surface area contributed by atoms with Crippen LogP contribution in [0.5, 0.6) is 11.6 Å². The monoisotopic (exact) mass is 316 g/mol. The topological polar surface area (TPSA) is 102 Å². The molecule has 0 spiro atoms. The predicted molar refractivity (Wildman–Crippen MR) is 86.1 cm³/mol. The zero-order valence-corrected chi connectivity index (χ0v) is 13.2. The summed E-state index contributed by atoms with van der Waals surface area (Å²) in [6, 6.07) is 5.59. The van der Waals surface area contributed by atoms with Crippen molar-refractivity contribution in [3.63, 3.8) is 0 Å². The SMILES string of the molecule is CCOc1[nH]nc(C(=O)Nc2ccc3c(c2)OC[C@H](N)C3)c1C. The van der Waals surface area contributed by atoms with Crippen LogP contribution in [0.4, 0.5) is 5.69 Å². The van der Waals surface area contributed by atoms with E-state index in [-0.39, 0.29) is 11.9 Å². The van der Waals surface area contributed by atoms with Crippen molar-refractivity contribution in [3.8, 4) is 11.6 Å². The largest absolute Gasteiger partial charge is 0.492 e. The van der Waals surface area contributed by atoms with Gasteiger partial charge in [-0.2, -0.15) is 5.10 Å². The predicted octanol–water partition coefficient (Wildman–Crippen LogP) is 1.63. The number of carbonyl (C=O) groups excluding carboxylic acids is 1. The normalized spacial score (nSPS) is 16.4. The van der Waals surface area contributed by atoms with Crippen LogP contribution in [0, 0.1) is 6.92 Å². The molecule has 1 atom stereocenters. The van der Waals surface area contributed by atoms with E-state index in [1.165, 1.54) is 0 Å². The maximum atomic E-state index is 12.4. The number of nitrogens with zero attached hydrogens (tertiary/aromatic N) is 1. The average Bonchev–Trinajstić information content (AvgIpc) is 2.89. The van der Waals surface area contributed by atoms with Crippen molar-refractivity contribution in [2.75, 3.05) is 18.5 Å². The summed E-state index contributed by atoms with van der Waals surface area (Å²) in [5, 5.41) is 9.57. The third-order valence-corrected chi connectivity index (χ3v) is 3.73. The molecule has 0 bridgehead atoms. The van der Waals surface area contributed by atoms with Crippen molar-refractivity contribution < 1.29 is 14.3 Å². The Morgan fingerprint density at radius 3 is 3.17 bits per heavy atom. The van der Waals surface area contributed by atoms with Gasteiger partial charge in [-0.15, -0.1) is 0 Å². The van der Waals surface area contributed by atoms with Gasteiger partial charge in [0.2, 0.25) is 5.88 Å². The van der Waals surface area contributed by atoms with E-state index < -0.39 is 0 Å². The highest BCUT2D eigenvalue weighted by Crippen LogP contribution is 2.28. The number of aromatic amines is 1. The minimum absolute atomic E-state index is 0.0200. The summed E-state index contributed by atoms with van der Waals surface area (Å²) in [6.45, 7) is 4.66. The molecule has 1 aromatic heterocycles. The van der Waals surface area contributed by atoms with Gasteiger partial charge < -0.3 is 20.5 Å². The standard InChI is InChI=1S/C16H20N4O3/c1-3-22-16-9(2)14(19-20-16)15(21)18-12-5-4-10-6-11(17)8-23-13(10)7-12/h4-5,7,11H,3,6,8,17H2,1-2H3,(H,18,21)(H,19,20)/t11-/m1/s1. The molecule has 0 radical (unpaired) electrons. The Morgan fingerprint density at radius 2 is 2.39 bits per heavy atom. The lowest BCUT2D eigenvalue weighted by atomic mass is 10.0. The molecule has 1 aliphatic heterocycles. The fourth-order valence-corrected chi connectivity index (χ4v) is 2.55. The van der Waals surface area contributed by atoms with E-state index in [4.69, 9.17) is 15.2 Å². The van der Waals surface area contributed by atoms with Crippen LogP contribution in [0.2, 0.25) is 0 Å². The van der Waals surface area contributed by atoms with Gasteiger partial charge in [0.1, 0.15) is 12.4 Å². The smallest absolute Gasteiger partial charge is 0.276 e. The van der Waals surface area contributed by atoms with Crippen LogP contribution in [0.3, 0.4) is 0 Å². The summed E-state index contributed by atoms with van der Waals surface area (Å²) in [5.41, 5.74) is 8.58. The Morgan fingerprint density at radius 1 is 1.57 bits per heavy atom. The van der Waals surface area contributed by atoms with Crippen molar-refractivity contribution >= 4 is 11.6 Å². The molecule has 1 aromatic carbocycles. The van der Waals surface area contributed by atoms with Crippen molar-refractivity contribution in [2.24, 2.45) is 5.73 Å². The number of hydrogen-bond acceptors (Lipinski definition) is 5. The Balaban J connectivity index is 1.76. The molecule has 0 aliphatic carbocycles. The number of amides is 1. The molecule has 0 saturated heterocycles. The minimum atomic E-state index is -0.294. The molecular formula is C16H20N4O3. The van der Waals surface area contributed by atoms with Gasteiger partial charge in [-0.05, 0) is 31.9 Å². The van der Waals surface area contributed by atoms with E-state index in [1.54, 1.807) is 6.92 Å². The fraction of sp³-hybridized carbons (Fsp3) is 0.375. The van der Waals surface area contributed by atoms with Crippen LogP contribution in [0.1, 0.15) is 28.5 Å². The first-order chi connectivity index (χ1) is 11.1. The highest BCUT2D eigenvalue weighted by molar-refractivity contribution is 6.04. The van der Waals surface area contributed by atoms with Gasteiger partial charge in [-0.3, -0.25) is 4.79 Å². The van der Waals surface area contributed by atoms with Gasteiger partial charge in [-0.1, -0.05) is 6.07 Å². The van der Waals surface area contributed by atoms with Crippen molar-refractivity contribution in [2.45, 2.75) is 26.3 Å². The number of benzene rings is 1. The first-order valence-electron chi connectivity index (χ1n) is 7.59. The van der Waals surface area contributed by atoms with E-state index in [1.807, 2.05) is 25.1 Å². The number of H-pyrrole nitrogens is 1. The molecular weight excluding hydrogens is 296 g/mol. The lowest BCUT2D eigenvalue weighted by molar-refractivity contribution is 0.102. The van der Waals surface area contributed by atoms with Crippen LogP contribution in [-0.2, 0) is 6.42 Å². The van der Waals surface area contributed by atoms with Crippen LogP contribution in [0.15, 0.2) is 18.2 Å². The summed E-state index contributed by atoms with van der Waals surface area (Å²) in [6.07, 6.45) is 0.778. The Hall–Kier alpha value is -2.54. The molecule has 23 heavy (non-hydrogen) atoms. The summed E-state index contributed by atoms with van der Waals surface area (Å²) < 4.78 is 11.0.